The minimum Gasteiger partial charge on any atom is -0.330 e. The maximum atomic E-state index is 12.2. The Balaban J connectivity index is 2.13. The maximum Gasteiger partial charge on any atom is 0.236 e. The Hall–Kier alpha value is -1.35. The zero-order valence-electron chi connectivity index (χ0n) is 11.3. The average molecular weight is 244 g/mol. The van der Waals surface area contributed by atoms with Crippen LogP contribution in [-0.4, -0.2) is 19.5 Å². The standard InChI is InChI=1S/C15H20N2O/c1-14(2)11-8-10(15(9-16)6-7-15)4-5-12(11)17(3)13(14)18/h4-5,8H,6-7,9,16H2,1-3H3. The Labute approximate surface area is 108 Å². The summed E-state index contributed by atoms with van der Waals surface area (Å²) in [5, 5.41) is 0. The van der Waals surface area contributed by atoms with Crippen molar-refractivity contribution in [3.63, 3.8) is 0 Å². The lowest BCUT2D eigenvalue weighted by molar-refractivity contribution is -0.121. The normalized spacial score (nSPS) is 23.1. The topological polar surface area (TPSA) is 46.3 Å². The highest BCUT2D eigenvalue weighted by atomic mass is 16.2. The molecule has 1 heterocycles. The van der Waals surface area contributed by atoms with Crippen molar-refractivity contribution in [2.24, 2.45) is 5.73 Å². The summed E-state index contributed by atoms with van der Waals surface area (Å²) in [6.07, 6.45) is 2.35. The van der Waals surface area contributed by atoms with Gasteiger partial charge < -0.3 is 10.6 Å². The van der Waals surface area contributed by atoms with Crippen LogP contribution in [0.15, 0.2) is 18.2 Å². The molecular weight excluding hydrogens is 224 g/mol. The summed E-state index contributed by atoms with van der Waals surface area (Å²) in [6.45, 7) is 4.71. The van der Waals surface area contributed by atoms with Crippen LogP contribution < -0.4 is 10.6 Å². The molecule has 1 aliphatic heterocycles. The van der Waals surface area contributed by atoms with E-state index in [2.05, 4.69) is 18.2 Å². The number of carbonyl (C=O) groups is 1. The van der Waals surface area contributed by atoms with E-state index in [1.807, 2.05) is 20.9 Å². The molecule has 1 saturated carbocycles. The molecule has 18 heavy (non-hydrogen) atoms. The second-order valence-corrected chi connectivity index (χ2v) is 6.21. The van der Waals surface area contributed by atoms with Crippen LogP contribution in [0.4, 0.5) is 5.69 Å². The molecule has 1 aliphatic carbocycles. The minimum absolute atomic E-state index is 0.173. The van der Waals surface area contributed by atoms with Crippen molar-refractivity contribution < 1.29 is 4.79 Å². The van der Waals surface area contributed by atoms with E-state index in [-0.39, 0.29) is 11.3 Å². The lowest BCUT2D eigenvalue weighted by Crippen LogP contribution is -2.33. The van der Waals surface area contributed by atoms with Gasteiger partial charge in [0.2, 0.25) is 5.91 Å². The monoisotopic (exact) mass is 244 g/mol. The smallest absolute Gasteiger partial charge is 0.236 e. The third-order valence-electron chi connectivity index (χ3n) is 4.73. The van der Waals surface area contributed by atoms with Crippen molar-refractivity contribution in [3.05, 3.63) is 29.3 Å². The average Bonchev–Trinajstić information content (AvgIpc) is 3.14. The van der Waals surface area contributed by atoms with Gasteiger partial charge in [0.15, 0.2) is 0 Å². The SMILES string of the molecule is CN1C(=O)C(C)(C)c2cc(C3(CN)CC3)ccc21. The number of rotatable bonds is 2. The van der Waals surface area contributed by atoms with E-state index in [1.165, 1.54) is 18.4 Å². The van der Waals surface area contributed by atoms with Gasteiger partial charge in [-0.1, -0.05) is 12.1 Å². The zero-order valence-corrected chi connectivity index (χ0v) is 11.3. The van der Waals surface area contributed by atoms with Crippen molar-refractivity contribution in [2.75, 3.05) is 18.5 Å². The minimum atomic E-state index is -0.412. The number of hydrogen-bond acceptors (Lipinski definition) is 2. The number of fused-ring (bicyclic) bond motifs is 1. The predicted octanol–water partition coefficient (Wildman–Crippen LogP) is 1.93. The zero-order chi connectivity index (χ0) is 13.1. The van der Waals surface area contributed by atoms with Crippen LogP contribution in [0, 0.1) is 0 Å². The largest absolute Gasteiger partial charge is 0.330 e. The molecular formula is C15H20N2O. The number of hydrogen-bond donors (Lipinski definition) is 1. The van der Waals surface area contributed by atoms with Crippen LogP contribution in [0.2, 0.25) is 0 Å². The van der Waals surface area contributed by atoms with Crippen LogP contribution in [-0.2, 0) is 15.6 Å². The highest BCUT2D eigenvalue weighted by Crippen LogP contribution is 2.50. The number of nitrogens with zero attached hydrogens (tertiary/aromatic N) is 1. The molecule has 0 radical (unpaired) electrons. The van der Waals surface area contributed by atoms with Gasteiger partial charge in [0.05, 0.1) is 5.41 Å². The summed E-state index contributed by atoms with van der Waals surface area (Å²) >= 11 is 0. The summed E-state index contributed by atoms with van der Waals surface area (Å²) in [6, 6.07) is 6.42. The van der Waals surface area contributed by atoms with E-state index in [9.17, 15) is 4.79 Å². The van der Waals surface area contributed by atoms with Crippen molar-refractivity contribution >= 4 is 11.6 Å². The summed E-state index contributed by atoms with van der Waals surface area (Å²) in [5.41, 5.74) is 9.16. The van der Waals surface area contributed by atoms with Gasteiger partial charge in [0.1, 0.15) is 0 Å². The van der Waals surface area contributed by atoms with Gasteiger partial charge in [-0.15, -0.1) is 0 Å². The van der Waals surface area contributed by atoms with Crippen molar-refractivity contribution in [2.45, 2.75) is 37.5 Å². The third kappa shape index (κ3) is 1.31. The second-order valence-electron chi connectivity index (χ2n) is 6.21. The molecule has 1 amide bonds. The molecule has 2 aliphatic rings. The van der Waals surface area contributed by atoms with Gasteiger partial charge in [0, 0.05) is 24.7 Å². The molecule has 0 atom stereocenters. The number of benzene rings is 1. The highest BCUT2D eigenvalue weighted by Gasteiger charge is 2.46. The Morgan fingerprint density at radius 3 is 2.56 bits per heavy atom. The molecule has 1 fully saturated rings. The number of anilines is 1. The van der Waals surface area contributed by atoms with Crippen LogP contribution >= 0.6 is 0 Å². The van der Waals surface area contributed by atoms with Gasteiger partial charge in [0.25, 0.3) is 0 Å². The van der Waals surface area contributed by atoms with E-state index < -0.39 is 5.41 Å². The molecule has 3 heteroatoms. The summed E-state index contributed by atoms with van der Waals surface area (Å²) in [5.74, 6) is 0.173. The molecule has 1 aromatic rings. The van der Waals surface area contributed by atoms with E-state index in [4.69, 9.17) is 5.73 Å². The number of likely N-dealkylation sites (N-methyl/N-ethyl adjacent to an activating group) is 1. The number of carbonyl (C=O) groups excluding carboxylic acids is 1. The van der Waals surface area contributed by atoms with E-state index in [1.54, 1.807) is 4.90 Å². The first-order valence-corrected chi connectivity index (χ1v) is 6.56. The van der Waals surface area contributed by atoms with Crippen molar-refractivity contribution in [1.29, 1.82) is 0 Å². The number of nitrogens with two attached hydrogens (primary N) is 1. The quantitative estimate of drug-likeness (QED) is 0.864. The predicted molar refractivity (Wildman–Crippen MR) is 72.8 cm³/mol. The molecule has 0 saturated heterocycles. The first kappa shape index (κ1) is 11.7. The fourth-order valence-corrected chi connectivity index (χ4v) is 3.06. The summed E-state index contributed by atoms with van der Waals surface area (Å²) < 4.78 is 0. The maximum absolute atomic E-state index is 12.2. The third-order valence-corrected chi connectivity index (χ3v) is 4.73. The van der Waals surface area contributed by atoms with Crippen molar-refractivity contribution in [1.82, 2.24) is 0 Å². The van der Waals surface area contributed by atoms with Gasteiger partial charge in [-0.25, -0.2) is 0 Å². The van der Waals surface area contributed by atoms with E-state index in [0.29, 0.717) is 6.54 Å². The highest BCUT2D eigenvalue weighted by molar-refractivity contribution is 6.07. The lowest BCUT2D eigenvalue weighted by atomic mass is 9.83. The second kappa shape index (κ2) is 3.35. The molecule has 0 spiro atoms. The van der Waals surface area contributed by atoms with Gasteiger partial charge in [-0.05, 0) is 43.9 Å². The van der Waals surface area contributed by atoms with Gasteiger partial charge in [-0.2, -0.15) is 0 Å². The van der Waals surface area contributed by atoms with Crippen LogP contribution in [0.1, 0.15) is 37.8 Å². The molecule has 3 nitrogen and oxygen atoms in total. The van der Waals surface area contributed by atoms with Gasteiger partial charge in [-0.3, -0.25) is 4.79 Å². The Morgan fingerprint density at radius 2 is 2.00 bits per heavy atom. The van der Waals surface area contributed by atoms with Gasteiger partial charge >= 0.3 is 0 Å². The van der Waals surface area contributed by atoms with Crippen LogP contribution in [0.3, 0.4) is 0 Å². The summed E-state index contributed by atoms with van der Waals surface area (Å²) in [4.78, 5) is 14.0. The van der Waals surface area contributed by atoms with E-state index in [0.717, 1.165) is 11.3 Å². The molecule has 96 valence electrons. The summed E-state index contributed by atoms with van der Waals surface area (Å²) in [7, 11) is 1.85. The Kier molecular flexibility index (Phi) is 2.18. The molecule has 2 N–H and O–H groups in total. The Morgan fingerprint density at radius 1 is 1.33 bits per heavy atom. The van der Waals surface area contributed by atoms with Crippen molar-refractivity contribution in [3.8, 4) is 0 Å². The fraction of sp³-hybridized carbons (Fsp3) is 0.533. The Bertz CT molecular complexity index is 529. The van der Waals surface area contributed by atoms with Crippen LogP contribution in [0.25, 0.3) is 0 Å². The molecule has 3 rings (SSSR count). The lowest BCUT2D eigenvalue weighted by Gasteiger charge is -2.19. The first-order chi connectivity index (χ1) is 8.42. The number of amides is 1. The first-order valence-electron chi connectivity index (χ1n) is 6.56. The molecule has 0 aromatic heterocycles. The molecule has 0 bridgehead atoms. The molecule has 1 aromatic carbocycles. The fourth-order valence-electron chi connectivity index (χ4n) is 3.06. The van der Waals surface area contributed by atoms with Crippen LogP contribution in [0.5, 0.6) is 0 Å². The molecule has 0 unspecified atom stereocenters. The van der Waals surface area contributed by atoms with E-state index >= 15 is 0 Å².